The van der Waals surface area contributed by atoms with Gasteiger partial charge in [-0.3, -0.25) is 9.59 Å². The van der Waals surface area contributed by atoms with E-state index in [9.17, 15) is 9.59 Å². The number of fused-ring (bicyclic) bond motifs is 1. The largest absolute Gasteiger partial charge is 0.368 e. The van der Waals surface area contributed by atoms with Gasteiger partial charge in [0.1, 0.15) is 0 Å². The number of carbonyl (C=O) groups is 2. The monoisotopic (exact) mass is 247 g/mol. The van der Waals surface area contributed by atoms with E-state index >= 15 is 0 Å². The summed E-state index contributed by atoms with van der Waals surface area (Å²) in [5, 5.41) is 2.89. The zero-order chi connectivity index (χ0) is 13.1. The van der Waals surface area contributed by atoms with Crippen LogP contribution in [0.25, 0.3) is 0 Å². The molecule has 2 rings (SSSR count). The van der Waals surface area contributed by atoms with E-state index < -0.39 is 11.9 Å². The van der Waals surface area contributed by atoms with E-state index in [4.69, 9.17) is 11.5 Å². The van der Waals surface area contributed by atoms with Gasteiger partial charge in [0.05, 0.1) is 18.5 Å². The Morgan fingerprint density at radius 2 is 2.11 bits per heavy atom. The van der Waals surface area contributed by atoms with Crippen LogP contribution in [0.5, 0.6) is 0 Å². The number of nitrogens with one attached hydrogen (secondary N) is 1. The third-order valence-corrected chi connectivity index (χ3v) is 3.24. The SMILES string of the molecule is NC(=O)[C@H](N)CC(=O)NC1CCc2ccccc21. The number of benzene rings is 1. The minimum Gasteiger partial charge on any atom is -0.368 e. The summed E-state index contributed by atoms with van der Waals surface area (Å²) in [5.74, 6) is -0.889. The van der Waals surface area contributed by atoms with Crippen LogP contribution in [-0.2, 0) is 16.0 Å². The molecule has 1 aliphatic carbocycles. The molecular formula is C13H17N3O2. The second-order valence-electron chi connectivity index (χ2n) is 4.57. The second kappa shape index (κ2) is 5.18. The Labute approximate surface area is 106 Å². The van der Waals surface area contributed by atoms with Gasteiger partial charge in [-0.25, -0.2) is 0 Å². The molecule has 5 heteroatoms. The number of rotatable bonds is 4. The highest BCUT2D eigenvalue weighted by molar-refractivity contribution is 5.87. The van der Waals surface area contributed by atoms with E-state index in [1.807, 2.05) is 18.2 Å². The highest BCUT2D eigenvalue weighted by Crippen LogP contribution is 2.30. The number of primary amides is 1. The number of hydrogen-bond acceptors (Lipinski definition) is 3. The van der Waals surface area contributed by atoms with E-state index in [1.165, 1.54) is 5.56 Å². The van der Waals surface area contributed by atoms with Crippen molar-refractivity contribution in [3.05, 3.63) is 35.4 Å². The molecule has 5 N–H and O–H groups in total. The highest BCUT2D eigenvalue weighted by atomic mass is 16.2. The molecule has 0 spiro atoms. The van der Waals surface area contributed by atoms with Gasteiger partial charge in [0.2, 0.25) is 11.8 Å². The standard InChI is InChI=1S/C13H17N3O2/c14-10(13(15)18)7-12(17)16-11-6-5-8-3-1-2-4-9(8)11/h1-4,10-11H,5-7,14H2,(H2,15,18)(H,16,17)/t10-,11?/m1/s1. The molecule has 1 aromatic carbocycles. The molecule has 0 bridgehead atoms. The van der Waals surface area contributed by atoms with Crippen molar-refractivity contribution >= 4 is 11.8 Å². The van der Waals surface area contributed by atoms with Crippen molar-refractivity contribution in [2.75, 3.05) is 0 Å². The molecule has 1 aliphatic rings. The van der Waals surface area contributed by atoms with Crippen LogP contribution >= 0.6 is 0 Å². The molecule has 0 radical (unpaired) electrons. The third-order valence-electron chi connectivity index (χ3n) is 3.24. The number of amides is 2. The zero-order valence-corrected chi connectivity index (χ0v) is 10.1. The van der Waals surface area contributed by atoms with Gasteiger partial charge < -0.3 is 16.8 Å². The lowest BCUT2D eigenvalue weighted by molar-refractivity contribution is -0.126. The normalized spacial score (nSPS) is 19.1. The van der Waals surface area contributed by atoms with E-state index in [0.29, 0.717) is 0 Å². The van der Waals surface area contributed by atoms with Crippen molar-refractivity contribution in [3.8, 4) is 0 Å². The number of nitrogens with two attached hydrogens (primary N) is 2. The van der Waals surface area contributed by atoms with Gasteiger partial charge in [-0.1, -0.05) is 24.3 Å². The van der Waals surface area contributed by atoms with Crippen molar-refractivity contribution in [2.24, 2.45) is 11.5 Å². The van der Waals surface area contributed by atoms with E-state index in [2.05, 4.69) is 11.4 Å². The van der Waals surface area contributed by atoms with Gasteiger partial charge in [-0.05, 0) is 24.0 Å². The van der Waals surface area contributed by atoms with Crippen molar-refractivity contribution in [1.82, 2.24) is 5.32 Å². The Morgan fingerprint density at radius 1 is 1.39 bits per heavy atom. The average Bonchev–Trinajstić information content (AvgIpc) is 2.72. The summed E-state index contributed by atoms with van der Waals surface area (Å²) < 4.78 is 0. The third kappa shape index (κ3) is 2.68. The second-order valence-corrected chi connectivity index (χ2v) is 4.57. The quantitative estimate of drug-likeness (QED) is 0.698. The molecule has 0 aromatic heterocycles. The van der Waals surface area contributed by atoms with Gasteiger partial charge in [0.25, 0.3) is 0 Å². The van der Waals surface area contributed by atoms with Crippen LogP contribution in [0.4, 0.5) is 0 Å². The Balaban J connectivity index is 1.96. The average molecular weight is 247 g/mol. The molecule has 96 valence electrons. The van der Waals surface area contributed by atoms with Gasteiger partial charge in [0, 0.05) is 0 Å². The molecule has 2 amide bonds. The summed E-state index contributed by atoms with van der Waals surface area (Å²) in [6, 6.07) is 7.14. The first kappa shape index (κ1) is 12.6. The van der Waals surface area contributed by atoms with Gasteiger partial charge >= 0.3 is 0 Å². The topological polar surface area (TPSA) is 98.2 Å². The molecule has 0 fully saturated rings. The number of carbonyl (C=O) groups excluding carboxylic acids is 2. The molecule has 0 aliphatic heterocycles. The van der Waals surface area contributed by atoms with Crippen LogP contribution in [0, 0.1) is 0 Å². The Hall–Kier alpha value is -1.88. The summed E-state index contributed by atoms with van der Waals surface area (Å²) >= 11 is 0. The molecule has 2 atom stereocenters. The molecule has 1 unspecified atom stereocenters. The first-order valence-corrected chi connectivity index (χ1v) is 6.00. The summed E-state index contributed by atoms with van der Waals surface area (Å²) in [6.07, 6.45) is 1.79. The summed E-state index contributed by atoms with van der Waals surface area (Å²) in [5.41, 5.74) is 12.9. The lowest BCUT2D eigenvalue weighted by Gasteiger charge is -2.15. The highest BCUT2D eigenvalue weighted by Gasteiger charge is 2.24. The Morgan fingerprint density at radius 3 is 2.83 bits per heavy atom. The van der Waals surface area contributed by atoms with Crippen molar-refractivity contribution in [1.29, 1.82) is 0 Å². The minimum atomic E-state index is -0.915. The van der Waals surface area contributed by atoms with Crippen LogP contribution in [0.1, 0.15) is 30.0 Å². The predicted molar refractivity (Wildman–Crippen MR) is 67.4 cm³/mol. The Kier molecular flexibility index (Phi) is 3.62. The molecule has 5 nitrogen and oxygen atoms in total. The first-order valence-electron chi connectivity index (χ1n) is 6.00. The van der Waals surface area contributed by atoms with Gasteiger partial charge in [-0.15, -0.1) is 0 Å². The van der Waals surface area contributed by atoms with Crippen LogP contribution < -0.4 is 16.8 Å². The van der Waals surface area contributed by atoms with Crippen molar-refractivity contribution < 1.29 is 9.59 Å². The summed E-state index contributed by atoms with van der Waals surface area (Å²) in [7, 11) is 0. The predicted octanol–water partition coefficient (Wildman–Crippen LogP) is -0.00720. The van der Waals surface area contributed by atoms with Crippen molar-refractivity contribution in [3.63, 3.8) is 0 Å². The van der Waals surface area contributed by atoms with E-state index in [0.717, 1.165) is 18.4 Å². The van der Waals surface area contributed by atoms with E-state index in [1.54, 1.807) is 0 Å². The van der Waals surface area contributed by atoms with E-state index in [-0.39, 0.29) is 18.4 Å². The number of hydrogen-bond donors (Lipinski definition) is 3. The lowest BCUT2D eigenvalue weighted by Crippen LogP contribution is -2.41. The molecule has 0 saturated carbocycles. The fraction of sp³-hybridized carbons (Fsp3) is 0.385. The fourth-order valence-electron chi connectivity index (χ4n) is 2.26. The number of aryl methyl sites for hydroxylation is 1. The van der Waals surface area contributed by atoms with Crippen LogP contribution in [-0.4, -0.2) is 17.9 Å². The fourth-order valence-corrected chi connectivity index (χ4v) is 2.26. The summed E-state index contributed by atoms with van der Waals surface area (Å²) in [4.78, 5) is 22.5. The van der Waals surface area contributed by atoms with Gasteiger partial charge in [0.15, 0.2) is 0 Å². The first-order chi connectivity index (χ1) is 8.58. The molecule has 1 aromatic rings. The Bertz CT molecular complexity index is 473. The van der Waals surface area contributed by atoms with Crippen LogP contribution in [0.3, 0.4) is 0 Å². The van der Waals surface area contributed by atoms with Crippen LogP contribution in [0.15, 0.2) is 24.3 Å². The van der Waals surface area contributed by atoms with Gasteiger partial charge in [-0.2, -0.15) is 0 Å². The lowest BCUT2D eigenvalue weighted by atomic mass is 10.1. The molecule has 0 saturated heterocycles. The zero-order valence-electron chi connectivity index (χ0n) is 10.1. The smallest absolute Gasteiger partial charge is 0.234 e. The molecule has 18 heavy (non-hydrogen) atoms. The van der Waals surface area contributed by atoms with Crippen LogP contribution in [0.2, 0.25) is 0 Å². The maximum Gasteiger partial charge on any atom is 0.234 e. The van der Waals surface area contributed by atoms with Crippen molar-refractivity contribution in [2.45, 2.75) is 31.3 Å². The molecule has 0 heterocycles. The maximum absolute atomic E-state index is 11.7. The minimum absolute atomic E-state index is 0.0220. The maximum atomic E-state index is 11.7. The summed E-state index contributed by atoms with van der Waals surface area (Å²) in [6.45, 7) is 0. The molecular weight excluding hydrogens is 230 g/mol.